The fraction of sp³-hybridized carbons (Fsp3) is 0.154. The molecule has 3 nitrogen and oxygen atoms in total. The third-order valence-electron chi connectivity index (χ3n) is 2.58. The molecule has 2 rings (SSSR count). The van der Waals surface area contributed by atoms with Crippen LogP contribution in [0.2, 0.25) is 0 Å². The van der Waals surface area contributed by atoms with Gasteiger partial charge in [-0.3, -0.25) is 4.79 Å². The molecule has 0 spiro atoms. The van der Waals surface area contributed by atoms with Crippen LogP contribution in [-0.4, -0.2) is 20.1 Å². The van der Waals surface area contributed by atoms with Crippen LogP contribution in [0.5, 0.6) is 5.75 Å². The number of ether oxygens (including phenoxy) is 1. The molecule has 0 aliphatic rings. The van der Waals surface area contributed by atoms with Crippen LogP contribution in [0.15, 0.2) is 36.4 Å². The minimum atomic E-state index is -0.0844. The van der Waals surface area contributed by atoms with Gasteiger partial charge in [-0.05, 0) is 17.5 Å². The Bertz CT molecular complexity index is 534. The Balaban J connectivity index is 2.74. The molecule has 0 atom stereocenters. The monoisotopic (exact) mass is 215 g/mol. The van der Waals surface area contributed by atoms with Gasteiger partial charge in [0.2, 0.25) is 0 Å². The Morgan fingerprint density at radius 2 is 1.81 bits per heavy atom. The van der Waals surface area contributed by atoms with Gasteiger partial charge in [0.25, 0.3) is 5.91 Å². The van der Waals surface area contributed by atoms with E-state index in [0.717, 1.165) is 16.5 Å². The highest BCUT2D eigenvalue weighted by atomic mass is 16.5. The fourth-order valence-electron chi connectivity index (χ4n) is 1.78. The molecule has 0 aromatic heterocycles. The Labute approximate surface area is 94.0 Å². The zero-order chi connectivity index (χ0) is 11.5. The molecule has 0 aliphatic carbocycles. The lowest BCUT2D eigenvalue weighted by atomic mass is 10.0. The second-order valence-electron chi connectivity index (χ2n) is 3.44. The van der Waals surface area contributed by atoms with Gasteiger partial charge < -0.3 is 10.1 Å². The highest BCUT2D eigenvalue weighted by Gasteiger charge is 2.10. The Hall–Kier alpha value is -2.03. The first-order valence-corrected chi connectivity index (χ1v) is 5.05. The molecule has 16 heavy (non-hydrogen) atoms. The van der Waals surface area contributed by atoms with E-state index in [1.807, 2.05) is 30.3 Å². The minimum absolute atomic E-state index is 0.0844. The lowest BCUT2D eigenvalue weighted by molar-refractivity contribution is 0.0964. The number of benzene rings is 2. The standard InChI is InChI=1S/C13H13NO2/c1-14-13(15)11-7-8-12(16-2)10-6-4-3-5-9(10)11/h3-8H,1-2H3,(H,14,15). The van der Waals surface area contributed by atoms with Crippen molar-refractivity contribution in [2.45, 2.75) is 0 Å². The van der Waals surface area contributed by atoms with Crippen LogP contribution in [0.3, 0.4) is 0 Å². The van der Waals surface area contributed by atoms with Gasteiger partial charge in [0.15, 0.2) is 0 Å². The smallest absolute Gasteiger partial charge is 0.251 e. The van der Waals surface area contributed by atoms with Gasteiger partial charge in [0.1, 0.15) is 5.75 Å². The van der Waals surface area contributed by atoms with Gasteiger partial charge in [0.05, 0.1) is 7.11 Å². The largest absolute Gasteiger partial charge is 0.496 e. The molecular formula is C13H13NO2. The second-order valence-corrected chi connectivity index (χ2v) is 3.44. The third kappa shape index (κ3) is 1.60. The molecule has 0 aliphatic heterocycles. The van der Waals surface area contributed by atoms with E-state index in [1.165, 1.54) is 0 Å². The average molecular weight is 215 g/mol. The number of amides is 1. The summed E-state index contributed by atoms with van der Waals surface area (Å²) in [5.41, 5.74) is 0.666. The van der Waals surface area contributed by atoms with Crippen LogP contribution in [-0.2, 0) is 0 Å². The van der Waals surface area contributed by atoms with Crippen LogP contribution >= 0.6 is 0 Å². The molecule has 1 N–H and O–H groups in total. The summed E-state index contributed by atoms with van der Waals surface area (Å²) in [4.78, 5) is 11.7. The number of methoxy groups -OCH3 is 1. The summed E-state index contributed by atoms with van der Waals surface area (Å²) >= 11 is 0. The highest BCUT2D eigenvalue weighted by Crippen LogP contribution is 2.28. The van der Waals surface area contributed by atoms with E-state index in [4.69, 9.17) is 4.74 Å². The van der Waals surface area contributed by atoms with Gasteiger partial charge in [0, 0.05) is 18.0 Å². The van der Waals surface area contributed by atoms with Crippen LogP contribution in [0.1, 0.15) is 10.4 Å². The summed E-state index contributed by atoms with van der Waals surface area (Å²) in [6.07, 6.45) is 0. The first kappa shape index (κ1) is 10.5. The van der Waals surface area contributed by atoms with Gasteiger partial charge in [-0.2, -0.15) is 0 Å². The summed E-state index contributed by atoms with van der Waals surface area (Å²) in [7, 11) is 3.25. The molecule has 3 heteroatoms. The molecule has 0 saturated carbocycles. The molecule has 2 aromatic rings. The zero-order valence-corrected chi connectivity index (χ0v) is 9.28. The molecule has 0 bridgehead atoms. The lowest BCUT2D eigenvalue weighted by Gasteiger charge is -2.09. The molecule has 0 saturated heterocycles. The van der Waals surface area contributed by atoms with E-state index in [-0.39, 0.29) is 5.91 Å². The SMILES string of the molecule is CNC(=O)c1ccc(OC)c2ccccc12. The van der Waals surface area contributed by atoms with Crippen molar-refractivity contribution in [1.29, 1.82) is 0 Å². The number of fused-ring (bicyclic) bond motifs is 1. The lowest BCUT2D eigenvalue weighted by Crippen LogP contribution is -2.18. The Kier molecular flexibility index (Phi) is 2.77. The normalized spacial score (nSPS) is 10.1. The summed E-state index contributed by atoms with van der Waals surface area (Å²) in [6, 6.07) is 11.3. The van der Waals surface area contributed by atoms with Crippen molar-refractivity contribution >= 4 is 16.7 Å². The summed E-state index contributed by atoms with van der Waals surface area (Å²) in [6.45, 7) is 0. The first-order chi connectivity index (χ1) is 7.77. The van der Waals surface area contributed by atoms with Crippen LogP contribution in [0.25, 0.3) is 10.8 Å². The van der Waals surface area contributed by atoms with E-state index in [2.05, 4.69) is 5.32 Å². The van der Waals surface area contributed by atoms with E-state index in [1.54, 1.807) is 20.2 Å². The highest BCUT2D eigenvalue weighted by molar-refractivity contribution is 6.08. The van der Waals surface area contributed by atoms with Gasteiger partial charge in [-0.15, -0.1) is 0 Å². The molecule has 82 valence electrons. The van der Waals surface area contributed by atoms with Gasteiger partial charge in [-0.1, -0.05) is 24.3 Å². The minimum Gasteiger partial charge on any atom is -0.496 e. The van der Waals surface area contributed by atoms with Crippen molar-refractivity contribution in [2.24, 2.45) is 0 Å². The molecule has 2 aromatic carbocycles. The van der Waals surface area contributed by atoms with E-state index in [9.17, 15) is 4.79 Å². The maximum absolute atomic E-state index is 11.7. The molecule has 0 radical (unpaired) electrons. The summed E-state index contributed by atoms with van der Waals surface area (Å²) < 4.78 is 5.26. The topological polar surface area (TPSA) is 38.3 Å². The predicted octanol–water partition coefficient (Wildman–Crippen LogP) is 2.21. The third-order valence-corrected chi connectivity index (χ3v) is 2.58. The number of nitrogens with one attached hydrogen (secondary N) is 1. The number of hydrogen-bond donors (Lipinski definition) is 1. The zero-order valence-electron chi connectivity index (χ0n) is 9.28. The van der Waals surface area contributed by atoms with Gasteiger partial charge >= 0.3 is 0 Å². The average Bonchev–Trinajstić information content (AvgIpc) is 2.36. The van der Waals surface area contributed by atoms with Crippen molar-refractivity contribution in [3.63, 3.8) is 0 Å². The maximum atomic E-state index is 11.7. The van der Waals surface area contributed by atoms with E-state index >= 15 is 0 Å². The summed E-state index contributed by atoms with van der Waals surface area (Å²) in [5.74, 6) is 0.696. The first-order valence-electron chi connectivity index (χ1n) is 5.05. The van der Waals surface area contributed by atoms with Crippen LogP contribution < -0.4 is 10.1 Å². The van der Waals surface area contributed by atoms with Crippen molar-refractivity contribution in [3.8, 4) is 5.75 Å². The number of carbonyl (C=O) groups is 1. The van der Waals surface area contributed by atoms with Crippen LogP contribution in [0, 0.1) is 0 Å². The number of carbonyl (C=O) groups excluding carboxylic acids is 1. The molecule has 1 amide bonds. The summed E-state index contributed by atoms with van der Waals surface area (Å²) in [5, 5.41) is 4.49. The quantitative estimate of drug-likeness (QED) is 0.834. The predicted molar refractivity (Wildman–Crippen MR) is 63.9 cm³/mol. The van der Waals surface area contributed by atoms with Crippen LogP contribution in [0.4, 0.5) is 0 Å². The molecule has 0 unspecified atom stereocenters. The Morgan fingerprint density at radius 1 is 1.12 bits per heavy atom. The van der Waals surface area contributed by atoms with Crippen molar-refractivity contribution in [1.82, 2.24) is 5.32 Å². The van der Waals surface area contributed by atoms with E-state index < -0.39 is 0 Å². The molecule has 0 heterocycles. The van der Waals surface area contributed by atoms with Gasteiger partial charge in [-0.25, -0.2) is 0 Å². The fourth-order valence-corrected chi connectivity index (χ4v) is 1.78. The molecule has 0 fully saturated rings. The maximum Gasteiger partial charge on any atom is 0.251 e. The van der Waals surface area contributed by atoms with Crippen molar-refractivity contribution in [3.05, 3.63) is 42.0 Å². The second kappa shape index (κ2) is 4.23. The number of hydrogen-bond acceptors (Lipinski definition) is 2. The van der Waals surface area contributed by atoms with Crippen molar-refractivity contribution in [2.75, 3.05) is 14.2 Å². The molecular weight excluding hydrogens is 202 g/mol. The number of rotatable bonds is 2. The van der Waals surface area contributed by atoms with Crippen molar-refractivity contribution < 1.29 is 9.53 Å². The Morgan fingerprint density at radius 3 is 2.44 bits per heavy atom. The van der Waals surface area contributed by atoms with E-state index in [0.29, 0.717) is 5.56 Å².